The minimum absolute atomic E-state index is 0.459. The molecular weight excluding hydrogens is 202 g/mol. The van der Waals surface area contributed by atoms with Crippen LogP contribution < -0.4 is 0 Å². The van der Waals surface area contributed by atoms with Gasteiger partial charge in [0.2, 0.25) is 0 Å². The fraction of sp³-hybridized carbons (Fsp3) is 0.125. The van der Waals surface area contributed by atoms with Crippen LogP contribution in [0.4, 0.5) is 8.78 Å². The number of Topliss-reactive ketones (excluding diaryl/α,β-unsaturated/α-hetero) is 1. The van der Waals surface area contributed by atoms with Crippen molar-refractivity contribution in [3.63, 3.8) is 0 Å². The highest BCUT2D eigenvalue weighted by Gasteiger charge is 2.15. The summed E-state index contributed by atoms with van der Waals surface area (Å²) < 4.78 is 25.5. The minimum atomic E-state index is -1.29. The summed E-state index contributed by atoms with van der Waals surface area (Å²) in [6.45, 7) is 0. The van der Waals surface area contributed by atoms with Crippen LogP contribution in [0.15, 0.2) is 12.1 Å². The smallest absolute Gasteiger partial charge is 0.180 e. The number of rotatable bonds is 2. The van der Waals surface area contributed by atoms with Crippen LogP contribution in [0.5, 0.6) is 5.75 Å². The third kappa shape index (κ3) is 1.95. The maximum Gasteiger partial charge on any atom is 0.180 e. The first-order chi connectivity index (χ1) is 6.06. The second-order valence-electron chi connectivity index (χ2n) is 2.35. The van der Waals surface area contributed by atoms with E-state index < -0.39 is 34.6 Å². The van der Waals surface area contributed by atoms with Gasteiger partial charge < -0.3 is 5.11 Å². The lowest BCUT2D eigenvalue weighted by molar-refractivity contribution is 0.101. The van der Waals surface area contributed by atoms with Gasteiger partial charge in [0.15, 0.2) is 17.4 Å². The Morgan fingerprint density at radius 3 is 2.62 bits per heavy atom. The van der Waals surface area contributed by atoms with Crippen molar-refractivity contribution in [3.05, 3.63) is 29.3 Å². The molecule has 0 radical (unpaired) electrons. The fourth-order valence-electron chi connectivity index (χ4n) is 0.850. The molecule has 0 amide bonds. The van der Waals surface area contributed by atoms with Crippen LogP contribution in [0.1, 0.15) is 10.4 Å². The number of phenols is 1. The first-order valence-electron chi connectivity index (χ1n) is 3.33. The largest absolute Gasteiger partial charge is 0.508 e. The molecule has 0 saturated carbocycles. The van der Waals surface area contributed by atoms with E-state index in [1.54, 1.807) is 0 Å². The summed E-state index contributed by atoms with van der Waals surface area (Å²) in [5, 5.41) is 8.86. The highest BCUT2D eigenvalue weighted by atomic mass is 35.5. The van der Waals surface area contributed by atoms with Crippen LogP contribution in [-0.2, 0) is 0 Å². The van der Waals surface area contributed by atoms with Gasteiger partial charge in [0, 0.05) is 6.07 Å². The number of benzene rings is 1. The third-order valence-corrected chi connectivity index (χ3v) is 1.68. The van der Waals surface area contributed by atoms with Crippen molar-refractivity contribution in [2.24, 2.45) is 0 Å². The molecule has 2 nitrogen and oxygen atoms in total. The van der Waals surface area contributed by atoms with Crippen molar-refractivity contribution < 1.29 is 18.7 Å². The van der Waals surface area contributed by atoms with E-state index in [1.165, 1.54) is 0 Å². The second kappa shape index (κ2) is 3.70. The average Bonchev–Trinajstić information content (AvgIpc) is 2.10. The Bertz CT molecular complexity index is 352. The van der Waals surface area contributed by atoms with Gasteiger partial charge in [0.1, 0.15) is 5.75 Å². The number of carbonyl (C=O) groups excluding carboxylic acids is 1. The molecule has 0 unspecified atom stereocenters. The maximum absolute atomic E-state index is 12.9. The fourth-order valence-corrected chi connectivity index (χ4v) is 0.994. The van der Waals surface area contributed by atoms with Crippen molar-refractivity contribution in [1.29, 1.82) is 0 Å². The number of carbonyl (C=O) groups is 1. The van der Waals surface area contributed by atoms with Crippen LogP contribution >= 0.6 is 11.6 Å². The predicted octanol–water partition coefficient (Wildman–Crippen LogP) is 2.09. The maximum atomic E-state index is 12.9. The van der Waals surface area contributed by atoms with E-state index in [0.717, 1.165) is 6.07 Å². The van der Waals surface area contributed by atoms with Crippen molar-refractivity contribution in [3.8, 4) is 5.75 Å². The lowest BCUT2D eigenvalue weighted by atomic mass is 10.1. The summed E-state index contributed by atoms with van der Waals surface area (Å²) in [4.78, 5) is 10.9. The van der Waals surface area contributed by atoms with Crippen molar-refractivity contribution >= 4 is 17.4 Å². The number of alkyl halides is 1. The van der Waals surface area contributed by atoms with Crippen LogP contribution in [0.2, 0.25) is 0 Å². The zero-order valence-electron chi connectivity index (χ0n) is 6.35. The summed E-state index contributed by atoms with van der Waals surface area (Å²) in [7, 11) is 0. The zero-order valence-corrected chi connectivity index (χ0v) is 7.11. The molecule has 0 aliphatic heterocycles. The Morgan fingerprint density at radius 1 is 1.46 bits per heavy atom. The van der Waals surface area contributed by atoms with Gasteiger partial charge in [-0.1, -0.05) is 0 Å². The van der Waals surface area contributed by atoms with Crippen molar-refractivity contribution in [2.45, 2.75) is 0 Å². The summed E-state index contributed by atoms with van der Waals surface area (Å²) in [5.74, 6) is -4.29. The number of aromatic hydroxyl groups is 1. The highest BCUT2D eigenvalue weighted by Crippen LogP contribution is 2.19. The van der Waals surface area contributed by atoms with Crippen LogP contribution in [0.25, 0.3) is 0 Å². The Labute approximate surface area is 77.8 Å². The molecule has 70 valence electrons. The predicted molar refractivity (Wildman–Crippen MR) is 43.1 cm³/mol. The van der Waals surface area contributed by atoms with E-state index in [9.17, 15) is 13.6 Å². The molecule has 5 heteroatoms. The highest BCUT2D eigenvalue weighted by molar-refractivity contribution is 6.30. The molecule has 0 spiro atoms. The molecule has 0 aliphatic carbocycles. The zero-order chi connectivity index (χ0) is 10.0. The third-order valence-electron chi connectivity index (χ3n) is 1.43. The van der Waals surface area contributed by atoms with Gasteiger partial charge in [-0.15, -0.1) is 11.6 Å². The molecule has 0 heterocycles. The minimum Gasteiger partial charge on any atom is -0.508 e. The van der Waals surface area contributed by atoms with Crippen LogP contribution in [0, 0.1) is 11.6 Å². The summed E-state index contributed by atoms with van der Waals surface area (Å²) in [6.07, 6.45) is 0. The summed E-state index contributed by atoms with van der Waals surface area (Å²) in [5.41, 5.74) is -0.535. The molecule has 1 N–H and O–H groups in total. The normalized spacial score (nSPS) is 10.1. The molecular formula is C8H5ClF2O2. The number of ketones is 1. The van der Waals surface area contributed by atoms with Gasteiger partial charge in [-0.2, -0.15) is 0 Å². The number of hydrogen-bond donors (Lipinski definition) is 1. The first kappa shape index (κ1) is 9.92. The van der Waals surface area contributed by atoms with Crippen molar-refractivity contribution in [1.82, 2.24) is 0 Å². The van der Waals surface area contributed by atoms with Gasteiger partial charge in [-0.3, -0.25) is 4.79 Å². The van der Waals surface area contributed by atoms with E-state index in [1.807, 2.05) is 0 Å². The van der Waals surface area contributed by atoms with E-state index in [2.05, 4.69) is 0 Å². The quantitative estimate of drug-likeness (QED) is 0.594. The van der Waals surface area contributed by atoms with Crippen molar-refractivity contribution in [2.75, 3.05) is 5.88 Å². The van der Waals surface area contributed by atoms with Crippen LogP contribution in [0.3, 0.4) is 0 Å². The molecule has 1 aromatic carbocycles. The number of phenolic OH excluding ortho intramolecular Hbond substituents is 1. The van der Waals surface area contributed by atoms with Gasteiger partial charge in [-0.25, -0.2) is 8.78 Å². The molecule has 1 rings (SSSR count). The average molecular weight is 207 g/mol. The van der Waals surface area contributed by atoms with Gasteiger partial charge >= 0.3 is 0 Å². The lowest BCUT2D eigenvalue weighted by Crippen LogP contribution is -2.05. The van der Waals surface area contributed by atoms with E-state index in [-0.39, 0.29) is 0 Å². The Kier molecular flexibility index (Phi) is 2.83. The second-order valence-corrected chi connectivity index (χ2v) is 2.61. The molecule has 1 aromatic rings. The summed E-state index contributed by atoms with van der Waals surface area (Å²) in [6, 6.07) is 1.42. The number of hydrogen-bond acceptors (Lipinski definition) is 2. The lowest BCUT2D eigenvalue weighted by Gasteiger charge is -2.01. The molecule has 0 aromatic heterocycles. The Balaban J connectivity index is 3.28. The molecule has 0 bridgehead atoms. The molecule has 0 atom stereocenters. The SMILES string of the molecule is O=C(CCl)c1cc(O)cc(F)c1F. The molecule has 0 aliphatic rings. The Hall–Kier alpha value is -1.16. The standard InChI is InChI=1S/C8H5ClF2O2/c9-3-7(13)5-1-4(12)2-6(10)8(5)11/h1-2,12H,3H2. The molecule has 0 fully saturated rings. The Morgan fingerprint density at radius 2 is 2.08 bits per heavy atom. The van der Waals surface area contributed by atoms with E-state index in [4.69, 9.17) is 16.7 Å². The first-order valence-corrected chi connectivity index (χ1v) is 3.87. The van der Waals surface area contributed by atoms with Gasteiger partial charge in [0.05, 0.1) is 11.4 Å². The van der Waals surface area contributed by atoms with Gasteiger partial charge in [0.25, 0.3) is 0 Å². The topological polar surface area (TPSA) is 37.3 Å². The molecule has 0 saturated heterocycles. The monoisotopic (exact) mass is 206 g/mol. The van der Waals surface area contributed by atoms with Gasteiger partial charge in [-0.05, 0) is 6.07 Å². The van der Waals surface area contributed by atoms with E-state index >= 15 is 0 Å². The summed E-state index contributed by atoms with van der Waals surface area (Å²) >= 11 is 5.14. The number of halogens is 3. The molecule has 13 heavy (non-hydrogen) atoms. The van der Waals surface area contributed by atoms with E-state index in [0.29, 0.717) is 6.07 Å². The van der Waals surface area contributed by atoms with Crippen LogP contribution in [-0.4, -0.2) is 16.8 Å².